The number of piperidine rings is 1. The number of thiophene rings is 1. The van der Waals surface area contributed by atoms with Gasteiger partial charge in [0.05, 0.1) is 5.60 Å². The van der Waals surface area contributed by atoms with E-state index >= 15 is 0 Å². The predicted octanol–water partition coefficient (Wildman–Crippen LogP) is 3.33. The minimum absolute atomic E-state index is 0.0408. The highest BCUT2D eigenvalue weighted by Crippen LogP contribution is 2.38. The quantitative estimate of drug-likeness (QED) is 0.921. The zero-order valence-electron chi connectivity index (χ0n) is 14.3. The molecule has 0 radical (unpaired) electrons. The van der Waals surface area contributed by atoms with Crippen molar-refractivity contribution in [2.75, 3.05) is 26.2 Å². The molecular formula is C18H30N2OS. The lowest BCUT2D eigenvalue weighted by Crippen LogP contribution is -2.55. The molecule has 0 saturated carbocycles. The first-order valence-corrected chi connectivity index (χ1v) is 9.47. The van der Waals surface area contributed by atoms with Crippen LogP contribution in [0.4, 0.5) is 0 Å². The summed E-state index contributed by atoms with van der Waals surface area (Å²) in [5.41, 5.74) is 0.894. The standard InChI is InChI=1S/C18H30N2OS/c1-17(2)14-20(9-6-18(17,3)21)12-16-10-15(13-22-16)11-19-7-4-5-8-19/h10,13,21H,4-9,11-12,14H2,1-3H3/t18-/m1/s1. The van der Waals surface area contributed by atoms with Crippen LogP contribution in [0.2, 0.25) is 0 Å². The minimum Gasteiger partial charge on any atom is -0.390 e. The van der Waals surface area contributed by atoms with Crippen LogP contribution in [0.15, 0.2) is 11.4 Å². The van der Waals surface area contributed by atoms with E-state index < -0.39 is 5.60 Å². The van der Waals surface area contributed by atoms with Gasteiger partial charge in [-0.25, -0.2) is 0 Å². The summed E-state index contributed by atoms with van der Waals surface area (Å²) in [5.74, 6) is 0. The predicted molar refractivity (Wildman–Crippen MR) is 93.1 cm³/mol. The summed E-state index contributed by atoms with van der Waals surface area (Å²) in [5, 5.41) is 12.9. The molecule has 2 aliphatic heterocycles. The summed E-state index contributed by atoms with van der Waals surface area (Å²) in [7, 11) is 0. The molecule has 3 rings (SSSR count). The van der Waals surface area contributed by atoms with Crippen LogP contribution < -0.4 is 0 Å². The van der Waals surface area contributed by atoms with Crippen molar-refractivity contribution in [3.05, 3.63) is 21.9 Å². The van der Waals surface area contributed by atoms with Crippen molar-refractivity contribution in [2.45, 2.75) is 58.7 Å². The molecule has 0 amide bonds. The Morgan fingerprint density at radius 1 is 1.09 bits per heavy atom. The number of rotatable bonds is 4. The molecule has 4 heteroatoms. The molecule has 0 aliphatic carbocycles. The summed E-state index contributed by atoms with van der Waals surface area (Å²) >= 11 is 1.90. The molecule has 3 nitrogen and oxygen atoms in total. The van der Waals surface area contributed by atoms with Crippen molar-refractivity contribution in [2.24, 2.45) is 5.41 Å². The van der Waals surface area contributed by atoms with E-state index in [-0.39, 0.29) is 5.41 Å². The van der Waals surface area contributed by atoms with Gasteiger partial charge in [0.15, 0.2) is 0 Å². The van der Waals surface area contributed by atoms with Crippen LogP contribution in [-0.4, -0.2) is 46.7 Å². The summed E-state index contributed by atoms with van der Waals surface area (Å²) in [6.45, 7) is 13.0. The Hall–Kier alpha value is -0.420. The molecule has 0 spiro atoms. The molecule has 0 unspecified atom stereocenters. The molecule has 1 aromatic heterocycles. The fourth-order valence-electron chi connectivity index (χ4n) is 3.67. The average Bonchev–Trinajstić information content (AvgIpc) is 3.07. The largest absolute Gasteiger partial charge is 0.390 e. The van der Waals surface area contributed by atoms with Crippen LogP contribution in [0.25, 0.3) is 0 Å². The Balaban J connectivity index is 1.56. The Morgan fingerprint density at radius 3 is 2.50 bits per heavy atom. The average molecular weight is 323 g/mol. The zero-order chi connectivity index (χ0) is 15.8. The monoisotopic (exact) mass is 322 g/mol. The minimum atomic E-state index is -0.542. The second-order valence-electron chi connectivity index (χ2n) is 8.02. The van der Waals surface area contributed by atoms with Crippen LogP contribution in [0, 0.1) is 5.41 Å². The molecule has 22 heavy (non-hydrogen) atoms. The lowest BCUT2D eigenvalue weighted by atomic mass is 9.71. The van der Waals surface area contributed by atoms with Crippen molar-refractivity contribution in [1.29, 1.82) is 0 Å². The maximum Gasteiger partial charge on any atom is 0.0694 e. The normalized spacial score (nSPS) is 30.0. The molecule has 1 atom stereocenters. The molecular weight excluding hydrogens is 292 g/mol. The van der Waals surface area contributed by atoms with E-state index in [1.165, 1.54) is 36.4 Å². The van der Waals surface area contributed by atoms with E-state index in [0.29, 0.717) is 0 Å². The molecule has 0 aromatic carbocycles. The highest BCUT2D eigenvalue weighted by atomic mass is 32.1. The molecule has 2 aliphatic rings. The Labute approximate surface area is 138 Å². The van der Waals surface area contributed by atoms with Gasteiger partial charge in [-0.3, -0.25) is 9.80 Å². The van der Waals surface area contributed by atoms with E-state index in [1.807, 2.05) is 18.3 Å². The molecule has 124 valence electrons. The van der Waals surface area contributed by atoms with E-state index in [1.54, 1.807) is 0 Å². The third-order valence-corrected chi connectivity index (χ3v) is 6.65. The maximum absolute atomic E-state index is 10.5. The van der Waals surface area contributed by atoms with Gasteiger partial charge < -0.3 is 5.11 Å². The van der Waals surface area contributed by atoms with E-state index in [0.717, 1.165) is 32.6 Å². The van der Waals surface area contributed by atoms with Crippen molar-refractivity contribution in [1.82, 2.24) is 9.80 Å². The first-order chi connectivity index (χ1) is 10.4. The highest BCUT2D eigenvalue weighted by molar-refractivity contribution is 7.10. The molecule has 2 saturated heterocycles. The van der Waals surface area contributed by atoms with Gasteiger partial charge in [-0.2, -0.15) is 0 Å². The topological polar surface area (TPSA) is 26.7 Å². The van der Waals surface area contributed by atoms with Crippen molar-refractivity contribution >= 4 is 11.3 Å². The van der Waals surface area contributed by atoms with Gasteiger partial charge in [0.2, 0.25) is 0 Å². The van der Waals surface area contributed by atoms with Crippen LogP contribution in [0.3, 0.4) is 0 Å². The second kappa shape index (κ2) is 6.23. The number of likely N-dealkylation sites (tertiary alicyclic amines) is 2. The summed E-state index contributed by atoms with van der Waals surface area (Å²) in [4.78, 5) is 6.53. The van der Waals surface area contributed by atoms with Gasteiger partial charge in [-0.1, -0.05) is 13.8 Å². The van der Waals surface area contributed by atoms with Gasteiger partial charge in [-0.15, -0.1) is 11.3 Å². The summed E-state index contributed by atoms with van der Waals surface area (Å²) in [6.07, 6.45) is 3.59. The molecule has 0 bridgehead atoms. The number of hydrogen-bond donors (Lipinski definition) is 1. The van der Waals surface area contributed by atoms with Gasteiger partial charge in [-0.05, 0) is 56.3 Å². The van der Waals surface area contributed by atoms with Crippen LogP contribution in [0.5, 0.6) is 0 Å². The number of hydrogen-bond acceptors (Lipinski definition) is 4. The van der Waals surface area contributed by atoms with Gasteiger partial charge in [0.1, 0.15) is 0 Å². The first-order valence-electron chi connectivity index (χ1n) is 8.59. The van der Waals surface area contributed by atoms with Gasteiger partial charge >= 0.3 is 0 Å². The summed E-state index contributed by atoms with van der Waals surface area (Å²) < 4.78 is 0. The van der Waals surface area contributed by atoms with E-state index in [2.05, 4.69) is 35.1 Å². The SMILES string of the molecule is CC1(C)CN(Cc2cc(CN3CCCC3)cs2)CC[C@@]1(C)O. The Kier molecular flexibility index (Phi) is 4.66. The van der Waals surface area contributed by atoms with E-state index in [4.69, 9.17) is 0 Å². The van der Waals surface area contributed by atoms with Crippen molar-refractivity contribution in [3.63, 3.8) is 0 Å². The second-order valence-corrected chi connectivity index (χ2v) is 9.02. The van der Waals surface area contributed by atoms with Crippen LogP contribution >= 0.6 is 11.3 Å². The van der Waals surface area contributed by atoms with Crippen LogP contribution in [0.1, 0.15) is 50.5 Å². The summed E-state index contributed by atoms with van der Waals surface area (Å²) in [6, 6.07) is 2.39. The third kappa shape index (κ3) is 3.56. The smallest absolute Gasteiger partial charge is 0.0694 e. The fraction of sp³-hybridized carbons (Fsp3) is 0.778. The molecule has 3 heterocycles. The van der Waals surface area contributed by atoms with Gasteiger partial charge in [0, 0.05) is 36.5 Å². The number of nitrogens with zero attached hydrogens (tertiary/aromatic N) is 2. The molecule has 1 aromatic rings. The molecule has 2 fully saturated rings. The zero-order valence-corrected chi connectivity index (χ0v) is 15.1. The maximum atomic E-state index is 10.5. The van der Waals surface area contributed by atoms with Crippen molar-refractivity contribution < 1.29 is 5.11 Å². The molecule has 1 N–H and O–H groups in total. The fourth-order valence-corrected chi connectivity index (χ4v) is 4.59. The van der Waals surface area contributed by atoms with E-state index in [9.17, 15) is 5.11 Å². The highest BCUT2D eigenvalue weighted by Gasteiger charge is 2.43. The lowest BCUT2D eigenvalue weighted by molar-refractivity contribution is -0.106. The van der Waals surface area contributed by atoms with Crippen LogP contribution in [-0.2, 0) is 13.1 Å². The third-order valence-electron chi connectivity index (χ3n) is 5.68. The van der Waals surface area contributed by atoms with Crippen molar-refractivity contribution in [3.8, 4) is 0 Å². The first kappa shape index (κ1) is 16.4. The Morgan fingerprint density at radius 2 is 1.82 bits per heavy atom. The number of aliphatic hydroxyl groups is 1. The lowest BCUT2D eigenvalue weighted by Gasteiger charge is -2.48. The van der Waals surface area contributed by atoms with Gasteiger partial charge in [0.25, 0.3) is 0 Å². The Bertz CT molecular complexity index is 503.